The SMILES string of the molecule is Cc1ccc(-c2c[nH]c3c(C)ccc(O)c3c2=O)cc1. The van der Waals surface area contributed by atoms with Gasteiger partial charge in [-0.15, -0.1) is 0 Å². The molecular weight excluding hydrogens is 250 g/mol. The van der Waals surface area contributed by atoms with Crippen LogP contribution >= 0.6 is 0 Å². The van der Waals surface area contributed by atoms with Gasteiger partial charge in [0.25, 0.3) is 0 Å². The van der Waals surface area contributed by atoms with Crippen LogP contribution in [0.5, 0.6) is 5.75 Å². The molecular formula is C17H15NO2. The highest BCUT2D eigenvalue weighted by Gasteiger charge is 2.11. The molecule has 0 atom stereocenters. The summed E-state index contributed by atoms with van der Waals surface area (Å²) in [6.45, 7) is 3.91. The fraction of sp³-hybridized carbons (Fsp3) is 0.118. The molecule has 0 amide bonds. The molecule has 0 aliphatic carbocycles. The summed E-state index contributed by atoms with van der Waals surface area (Å²) in [5.74, 6) is 0.0146. The van der Waals surface area contributed by atoms with Crippen LogP contribution < -0.4 is 5.43 Å². The van der Waals surface area contributed by atoms with Crippen LogP contribution in [0, 0.1) is 13.8 Å². The Morgan fingerprint density at radius 3 is 2.40 bits per heavy atom. The molecule has 0 aliphatic rings. The average molecular weight is 265 g/mol. The number of aryl methyl sites for hydroxylation is 2. The van der Waals surface area contributed by atoms with E-state index in [-0.39, 0.29) is 11.2 Å². The summed E-state index contributed by atoms with van der Waals surface area (Å²) >= 11 is 0. The summed E-state index contributed by atoms with van der Waals surface area (Å²) in [6, 6.07) is 11.1. The number of aromatic nitrogens is 1. The summed E-state index contributed by atoms with van der Waals surface area (Å²) in [4.78, 5) is 15.7. The van der Waals surface area contributed by atoms with Gasteiger partial charge in [-0.05, 0) is 31.0 Å². The molecule has 2 aromatic carbocycles. The maximum atomic E-state index is 12.6. The molecule has 0 bridgehead atoms. The molecule has 2 N–H and O–H groups in total. The number of aromatic hydroxyl groups is 1. The Kier molecular flexibility index (Phi) is 2.83. The number of H-pyrrole nitrogens is 1. The zero-order chi connectivity index (χ0) is 14.3. The van der Waals surface area contributed by atoms with E-state index in [4.69, 9.17) is 0 Å². The quantitative estimate of drug-likeness (QED) is 0.707. The van der Waals surface area contributed by atoms with E-state index in [1.807, 2.05) is 38.1 Å². The van der Waals surface area contributed by atoms with Gasteiger partial charge >= 0.3 is 0 Å². The Hall–Kier alpha value is -2.55. The normalized spacial score (nSPS) is 10.9. The van der Waals surface area contributed by atoms with E-state index in [1.165, 1.54) is 0 Å². The number of hydrogen-bond donors (Lipinski definition) is 2. The van der Waals surface area contributed by atoms with E-state index >= 15 is 0 Å². The molecule has 0 saturated heterocycles. The Morgan fingerprint density at radius 2 is 1.70 bits per heavy atom. The third kappa shape index (κ3) is 1.88. The van der Waals surface area contributed by atoms with Gasteiger partial charge < -0.3 is 10.1 Å². The highest BCUT2D eigenvalue weighted by atomic mass is 16.3. The fourth-order valence-electron chi connectivity index (χ4n) is 2.40. The minimum Gasteiger partial charge on any atom is -0.507 e. The van der Waals surface area contributed by atoms with Gasteiger partial charge in [-0.3, -0.25) is 4.79 Å². The predicted octanol–water partition coefficient (Wildman–Crippen LogP) is 3.52. The monoisotopic (exact) mass is 265 g/mol. The highest BCUT2D eigenvalue weighted by molar-refractivity contribution is 5.90. The van der Waals surface area contributed by atoms with E-state index in [0.29, 0.717) is 16.5 Å². The molecule has 0 aliphatic heterocycles. The van der Waals surface area contributed by atoms with E-state index in [1.54, 1.807) is 18.3 Å². The lowest BCUT2D eigenvalue weighted by Crippen LogP contribution is -2.07. The van der Waals surface area contributed by atoms with Crippen LogP contribution in [0.15, 0.2) is 47.4 Å². The van der Waals surface area contributed by atoms with Crippen molar-refractivity contribution in [3.8, 4) is 16.9 Å². The standard InChI is InChI=1S/C17H15NO2/c1-10-3-6-12(7-4-10)13-9-18-16-11(2)5-8-14(19)15(16)17(13)20/h3-9,19H,1-2H3,(H,18,20). The topological polar surface area (TPSA) is 53.1 Å². The molecule has 0 fully saturated rings. The number of phenols is 1. The molecule has 1 aromatic heterocycles. The third-order valence-corrected chi connectivity index (χ3v) is 3.59. The summed E-state index contributed by atoms with van der Waals surface area (Å²) < 4.78 is 0. The van der Waals surface area contributed by atoms with Gasteiger partial charge in [-0.1, -0.05) is 35.9 Å². The van der Waals surface area contributed by atoms with Gasteiger partial charge in [0.1, 0.15) is 5.75 Å². The Morgan fingerprint density at radius 1 is 1.00 bits per heavy atom. The fourth-order valence-corrected chi connectivity index (χ4v) is 2.40. The van der Waals surface area contributed by atoms with Crippen molar-refractivity contribution < 1.29 is 5.11 Å². The minimum atomic E-state index is -0.149. The van der Waals surface area contributed by atoms with Crippen LogP contribution in [0.2, 0.25) is 0 Å². The van der Waals surface area contributed by atoms with Gasteiger partial charge in [0.2, 0.25) is 5.43 Å². The molecule has 100 valence electrons. The highest BCUT2D eigenvalue weighted by Crippen LogP contribution is 2.25. The molecule has 3 nitrogen and oxygen atoms in total. The van der Waals surface area contributed by atoms with E-state index < -0.39 is 0 Å². The van der Waals surface area contributed by atoms with Crippen LogP contribution in [0.1, 0.15) is 11.1 Å². The number of phenolic OH excluding ortho intramolecular Hbond substituents is 1. The summed E-state index contributed by atoms with van der Waals surface area (Å²) in [5.41, 5.74) is 4.03. The molecule has 0 spiro atoms. The zero-order valence-corrected chi connectivity index (χ0v) is 11.4. The molecule has 0 saturated carbocycles. The first-order valence-electron chi connectivity index (χ1n) is 6.49. The van der Waals surface area contributed by atoms with E-state index in [0.717, 1.165) is 16.7 Å². The molecule has 0 unspecified atom stereocenters. The summed E-state index contributed by atoms with van der Waals surface area (Å²) in [5, 5.41) is 10.3. The molecule has 1 heterocycles. The number of rotatable bonds is 1. The van der Waals surface area contributed by atoms with Crippen molar-refractivity contribution in [2.45, 2.75) is 13.8 Å². The number of nitrogens with one attached hydrogen (secondary N) is 1. The molecule has 3 heteroatoms. The lowest BCUT2D eigenvalue weighted by atomic mass is 10.0. The first-order chi connectivity index (χ1) is 9.58. The van der Waals surface area contributed by atoms with Crippen LogP contribution in [0.25, 0.3) is 22.0 Å². The van der Waals surface area contributed by atoms with Gasteiger partial charge in [-0.25, -0.2) is 0 Å². The first-order valence-corrected chi connectivity index (χ1v) is 6.49. The van der Waals surface area contributed by atoms with Crippen molar-refractivity contribution in [2.24, 2.45) is 0 Å². The molecule has 3 aromatic rings. The van der Waals surface area contributed by atoms with Crippen molar-refractivity contribution in [3.63, 3.8) is 0 Å². The summed E-state index contributed by atoms with van der Waals surface area (Å²) in [7, 11) is 0. The second kappa shape index (κ2) is 4.53. The predicted molar refractivity (Wildman–Crippen MR) is 81.1 cm³/mol. The maximum absolute atomic E-state index is 12.6. The number of benzene rings is 2. The number of fused-ring (bicyclic) bond motifs is 1. The molecule has 3 rings (SSSR count). The van der Waals surface area contributed by atoms with E-state index in [2.05, 4.69) is 4.98 Å². The van der Waals surface area contributed by atoms with Crippen molar-refractivity contribution in [1.82, 2.24) is 4.98 Å². The van der Waals surface area contributed by atoms with Gasteiger partial charge in [-0.2, -0.15) is 0 Å². The van der Waals surface area contributed by atoms with Crippen molar-refractivity contribution in [2.75, 3.05) is 0 Å². The number of pyridine rings is 1. The Bertz CT molecular complexity index is 845. The third-order valence-electron chi connectivity index (χ3n) is 3.59. The first kappa shape index (κ1) is 12.5. The van der Waals surface area contributed by atoms with Crippen LogP contribution in [-0.2, 0) is 0 Å². The average Bonchev–Trinajstić information content (AvgIpc) is 2.44. The lowest BCUT2D eigenvalue weighted by molar-refractivity contribution is 0.481. The Labute approximate surface area is 116 Å². The molecule has 0 radical (unpaired) electrons. The van der Waals surface area contributed by atoms with Crippen LogP contribution in [0.4, 0.5) is 0 Å². The van der Waals surface area contributed by atoms with Crippen molar-refractivity contribution in [3.05, 3.63) is 63.9 Å². The maximum Gasteiger partial charge on any atom is 0.200 e. The van der Waals surface area contributed by atoms with Gasteiger partial charge in [0.05, 0.1) is 10.9 Å². The lowest BCUT2D eigenvalue weighted by Gasteiger charge is -2.07. The zero-order valence-electron chi connectivity index (χ0n) is 11.4. The smallest absolute Gasteiger partial charge is 0.200 e. The second-order valence-electron chi connectivity index (χ2n) is 5.05. The number of aromatic amines is 1. The van der Waals surface area contributed by atoms with Crippen LogP contribution in [0.3, 0.4) is 0 Å². The van der Waals surface area contributed by atoms with Crippen LogP contribution in [-0.4, -0.2) is 10.1 Å². The van der Waals surface area contributed by atoms with Gasteiger partial charge in [0.15, 0.2) is 0 Å². The second-order valence-corrected chi connectivity index (χ2v) is 5.05. The van der Waals surface area contributed by atoms with Crippen molar-refractivity contribution in [1.29, 1.82) is 0 Å². The van der Waals surface area contributed by atoms with E-state index in [9.17, 15) is 9.90 Å². The largest absolute Gasteiger partial charge is 0.507 e. The Balaban J connectivity index is 2.34. The minimum absolute atomic E-state index is 0.0146. The van der Waals surface area contributed by atoms with Gasteiger partial charge in [0, 0.05) is 11.8 Å². The summed E-state index contributed by atoms with van der Waals surface area (Å²) in [6.07, 6.45) is 1.71. The van der Waals surface area contributed by atoms with Crippen molar-refractivity contribution >= 4 is 10.9 Å². The molecule has 20 heavy (non-hydrogen) atoms. The number of hydrogen-bond acceptors (Lipinski definition) is 2.